The molecule has 1 fully saturated rings. The van der Waals surface area contributed by atoms with Gasteiger partial charge in [-0.1, -0.05) is 5.92 Å². The van der Waals surface area contributed by atoms with Gasteiger partial charge in [0.05, 0.1) is 12.1 Å². The van der Waals surface area contributed by atoms with E-state index in [0.29, 0.717) is 12.1 Å². The zero-order chi connectivity index (χ0) is 12.3. The molecule has 3 heteroatoms. The van der Waals surface area contributed by atoms with Gasteiger partial charge in [0.2, 0.25) is 0 Å². The molecule has 1 aliphatic carbocycles. The number of terminal acetylenes is 1. The van der Waals surface area contributed by atoms with Crippen molar-refractivity contribution >= 4 is 5.82 Å². The summed E-state index contributed by atoms with van der Waals surface area (Å²) >= 11 is 0. The van der Waals surface area contributed by atoms with Crippen molar-refractivity contribution in [3.8, 4) is 18.4 Å². The lowest BCUT2D eigenvalue weighted by Crippen LogP contribution is -2.28. The van der Waals surface area contributed by atoms with E-state index in [2.05, 4.69) is 17.0 Å². The van der Waals surface area contributed by atoms with Crippen LogP contribution in [0.25, 0.3) is 0 Å². The summed E-state index contributed by atoms with van der Waals surface area (Å²) in [6.45, 7) is 3.35. The molecule has 0 aromatic carbocycles. The molecule has 1 heterocycles. The third-order valence-corrected chi connectivity index (χ3v) is 3.01. The number of aromatic nitrogens is 1. The summed E-state index contributed by atoms with van der Waals surface area (Å²) < 4.78 is 0. The van der Waals surface area contributed by atoms with E-state index < -0.39 is 0 Å². The number of nitrogens with zero attached hydrogens (tertiary/aromatic N) is 3. The van der Waals surface area contributed by atoms with Gasteiger partial charge in [-0.25, -0.2) is 4.98 Å². The Kier molecular flexibility index (Phi) is 3.30. The maximum absolute atomic E-state index is 9.20. The van der Waals surface area contributed by atoms with Crippen molar-refractivity contribution in [1.29, 1.82) is 5.26 Å². The van der Waals surface area contributed by atoms with Crippen LogP contribution in [0, 0.1) is 36.5 Å². The molecule has 2 rings (SSSR count). The Bertz CT molecular complexity index is 489. The van der Waals surface area contributed by atoms with E-state index in [1.165, 1.54) is 12.8 Å². The minimum atomic E-state index is 0.516. The summed E-state index contributed by atoms with van der Waals surface area (Å²) in [5.41, 5.74) is 1.60. The van der Waals surface area contributed by atoms with Gasteiger partial charge in [0.25, 0.3) is 0 Å². The highest BCUT2D eigenvalue weighted by molar-refractivity contribution is 5.57. The molecule has 1 aliphatic rings. The molecule has 0 radical (unpaired) electrons. The second kappa shape index (κ2) is 4.89. The Hall–Kier alpha value is -2.00. The summed E-state index contributed by atoms with van der Waals surface area (Å²) in [7, 11) is 0. The van der Waals surface area contributed by atoms with Crippen LogP contribution in [0.3, 0.4) is 0 Å². The summed E-state index contributed by atoms with van der Waals surface area (Å²) in [6.07, 6.45) is 9.65. The summed E-state index contributed by atoms with van der Waals surface area (Å²) in [4.78, 5) is 6.36. The van der Waals surface area contributed by atoms with Crippen LogP contribution in [0.15, 0.2) is 12.3 Å². The molecule has 0 bridgehead atoms. The van der Waals surface area contributed by atoms with Gasteiger partial charge in [-0.3, -0.25) is 0 Å². The minimum Gasteiger partial charge on any atom is -0.344 e. The maximum Gasteiger partial charge on any atom is 0.147 e. The average Bonchev–Trinajstić information content (AvgIpc) is 3.12. The third kappa shape index (κ3) is 2.57. The van der Waals surface area contributed by atoms with Gasteiger partial charge in [0.1, 0.15) is 11.9 Å². The Labute approximate surface area is 102 Å². The largest absolute Gasteiger partial charge is 0.344 e. The fraction of sp³-hybridized carbons (Fsp3) is 0.429. The molecule has 0 unspecified atom stereocenters. The highest BCUT2D eigenvalue weighted by Crippen LogP contribution is 2.31. The van der Waals surface area contributed by atoms with Gasteiger partial charge in [0.15, 0.2) is 0 Å². The first-order valence-electron chi connectivity index (χ1n) is 5.80. The Morgan fingerprint density at radius 1 is 1.59 bits per heavy atom. The van der Waals surface area contributed by atoms with Crippen LogP contribution in [0.5, 0.6) is 0 Å². The fourth-order valence-electron chi connectivity index (χ4n) is 1.87. The van der Waals surface area contributed by atoms with Gasteiger partial charge >= 0.3 is 0 Å². The predicted molar refractivity (Wildman–Crippen MR) is 67.5 cm³/mol. The number of aryl methyl sites for hydroxylation is 1. The van der Waals surface area contributed by atoms with Crippen molar-refractivity contribution < 1.29 is 0 Å². The van der Waals surface area contributed by atoms with Crippen molar-refractivity contribution in [1.82, 2.24) is 4.98 Å². The second-order valence-corrected chi connectivity index (χ2v) is 4.47. The number of anilines is 1. The Morgan fingerprint density at radius 2 is 2.35 bits per heavy atom. The summed E-state index contributed by atoms with van der Waals surface area (Å²) in [5, 5.41) is 9.20. The maximum atomic E-state index is 9.20. The van der Waals surface area contributed by atoms with Gasteiger partial charge in [-0.15, -0.1) is 6.42 Å². The third-order valence-electron chi connectivity index (χ3n) is 3.01. The first-order chi connectivity index (χ1) is 8.26. The molecule has 1 aromatic heterocycles. The van der Waals surface area contributed by atoms with Gasteiger partial charge in [-0.05, 0) is 37.3 Å². The van der Waals surface area contributed by atoms with Crippen molar-refractivity contribution in [2.24, 2.45) is 5.92 Å². The van der Waals surface area contributed by atoms with Crippen molar-refractivity contribution in [3.63, 3.8) is 0 Å². The van der Waals surface area contributed by atoms with Crippen LogP contribution < -0.4 is 4.90 Å². The van der Waals surface area contributed by atoms with E-state index in [4.69, 9.17) is 6.42 Å². The first-order valence-corrected chi connectivity index (χ1v) is 5.80. The van der Waals surface area contributed by atoms with E-state index in [9.17, 15) is 5.26 Å². The van der Waals surface area contributed by atoms with E-state index in [1.54, 1.807) is 6.20 Å². The van der Waals surface area contributed by atoms with E-state index in [0.717, 1.165) is 23.8 Å². The van der Waals surface area contributed by atoms with Crippen LogP contribution in [-0.4, -0.2) is 18.1 Å². The van der Waals surface area contributed by atoms with E-state index in [-0.39, 0.29) is 0 Å². The quantitative estimate of drug-likeness (QED) is 0.737. The predicted octanol–water partition coefficient (Wildman–Crippen LogP) is 2.11. The van der Waals surface area contributed by atoms with Crippen molar-refractivity contribution in [3.05, 3.63) is 23.4 Å². The Morgan fingerprint density at radius 3 is 2.94 bits per heavy atom. The fourth-order valence-corrected chi connectivity index (χ4v) is 1.87. The molecule has 0 atom stereocenters. The number of pyridine rings is 1. The number of nitriles is 1. The molecule has 86 valence electrons. The van der Waals surface area contributed by atoms with Crippen LogP contribution >= 0.6 is 0 Å². The summed E-state index contributed by atoms with van der Waals surface area (Å²) in [6, 6.07) is 4.08. The summed E-state index contributed by atoms with van der Waals surface area (Å²) in [5.74, 6) is 4.10. The highest BCUT2D eigenvalue weighted by Gasteiger charge is 2.26. The average molecular weight is 225 g/mol. The second-order valence-electron chi connectivity index (χ2n) is 4.47. The number of rotatable bonds is 4. The molecule has 0 saturated heterocycles. The molecule has 1 aromatic rings. The normalized spacial score (nSPS) is 13.8. The van der Waals surface area contributed by atoms with Gasteiger partial charge in [0, 0.05) is 12.7 Å². The molecule has 0 aliphatic heterocycles. The monoisotopic (exact) mass is 225 g/mol. The molecule has 1 saturated carbocycles. The SMILES string of the molecule is C#CCN(CC1CC1)c1nccc(C)c1C#N. The van der Waals surface area contributed by atoms with Crippen LogP contribution in [0.2, 0.25) is 0 Å². The number of hydrogen-bond donors (Lipinski definition) is 0. The van der Waals surface area contributed by atoms with Crippen LogP contribution in [-0.2, 0) is 0 Å². The zero-order valence-corrected chi connectivity index (χ0v) is 9.98. The van der Waals surface area contributed by atoms with Crippen molar-refractivity contribution in [2.45, 2.75) is 19.8 Å². The lowest BCUT2D eigenvalue weighted by atomic mass is 10.1. The molecular formula is C14H15N3. The minimum absolute atomic E-state index is 0.516. The highest BCUT2D eigenvalue weighted by atomic mass is 15.2. The smallest absolute Gasteiger partial charge is 0.147 e. The van der Waals surface area contributed by atoms with Gasteiger partial charge < -0.3 is 4.90 Å². The molecule has 17 heavy (non-hydrogen) atoms. The van der Waals surface area contributed by atoms with E-state index in [1.807, 2.05) is 17.9 Å². The zero-order valence-electron chi connectivity index (χ0n) is 9.98. The standard InChI is InChI=1S/C14H15N3/c1-3-8-17(10-12-4-5-12)14-13(9-15)11(2)6-7-16-14/h1,6-7,12H,4-5,8,10H2,2H3. The van der Waals surface area contributed by atoms with E-state index >= 15 is 0 Å². The van der Waals surface area contributed by atoms with Crippen molar-refractivity contribution in [2.75, 3.05) is 18.0 Å². The lowest BCUT2D eigenvalue weighted by Gasteiger charge is -2.22. The molecule has 0 N–H and O–H groups in total. The molecular weight excluding hydrogens is 210 g/mol. The Balaban J connectivity index is 2.31. The van der Waals surface area contributed by atoms with Crippen LogP contribution in [0.1, 0.15) is 24.0 Å². The first kappa shape index (κ1) is 11.5. The topological polar surface area (TPSA) is 39.9 Å². The molecule has 0 spiro atoms. The van der Waals surface area contributed by atoms with Gasteiger partial charge in [-0.2, -0.15) is 5.26 Å². The number of hydrogen-bond acceptors (Lipinski definition) is 3. The lowest BCUT2D eigenvalue weighted by molar-refractivity contribution is 0.753. The van der Waals surface area contributed by atoms with Crippen LogP contribution in [0.4, 0.5) is 5.82 Å². The molecule has 0 amide bonds. The molecule has 3 nitrogen and oxygen atoms in total.